The van der Waals surface area contributed by atoms with Gasteiger partial charge in [-0.25, -0.2) is 0 Å². The average Bonchev–Trinajstić information content (AvgIpc) is 3.25. The largest absolute Gasteiger partial charge is 0.462 e. The molecule has 0 bridgehead atoms. The lowest BCUT2D eigenvalue weighted by atomic mass is 10.0. The van der Waals surface area contributed by atoms with Crippen molar-refractivity contribution in [1.82, 2.24) is 0 Å². The van der Waals surface area contributed by atoms with E-state index in [0.29, 0.717) is 19.3 Å². The standard InChI is InChI=1S/C57H110O6/c1-6-7-8-9-30-37-42-47-55(58)61-50-54(63-57(60)49-44-39-34-29-25-21-17-13-11-15-19-23-27-32-36-41-46-53(4)5)51-62-56(59)48-43-38-33-28-24-20-16-12-10-14-18-22-26-31-35-40-45-52(2)3/h52-54H,6-51H2,1-5H3/t54-/m0/s1. The van der Waals surface area contributed by atoms with Crippen LogP contribution < -0.4 is 0 Å². The summed E-state index contributed by atoms with van der Waals surface area (Å²) >= 11 is 0. The van der Waals surface area contributed by atoms with Crippen LogP contribution in [0.15, 0.2) is 0 Å². The van der Waals surface area contributed by atoms with Gasteiger partial charge in [-0.2, -0.15) is 0 Å². The highest BCUT2D eigenvalue weighted by Crippen LogP contribution is 2.18. The Labute approximate surface area is 393 Å². The van der Waals surface area contributed by atoms with Gasteiger partial charge >= 0.3 is 17.9 Å². The summed E-state index contributed by atoms with van der Waals surface area (Å²) in [5, 5.41) is 0. The highest BCUT2D eigenvalue weighted by molar-refractivity contribution is 5.71. The zero-order valence-corrected chi connectivity index (χ0v) is 43.2. The van der Waals surface area contributed by atoms with Crippen LogP contribution in [0.3, 0.4) is 0 Å². The summed E-state index contributed by atoms with van der Waals surface area (Å²) in [4.78, 5) is 37.9. The number of hydrogen-bond acceptors (Lipinski definition) is 6. The predicted molar refractivity (Wildman–Crippen MR) is 270 cm³/mol. The first-order valence-corrected chi connectivity index (χ1v) is 28.2. The van der Waals surface area contributed by atoms with Crippen LogP contribution in [-0.2, 0) is 28.6 Å². The fraction of sp³-hybridized carbons (Fsp3) is 0.947. The maximum atomic E-state index is 12.8. The summed E-state index contributed by atoms with van der Waals surface area (Å²) in [5.74, 6) is 0.857. The van der Waals surface area contributed by atoms with Crippen molar-refractivity contribution in [3.05, 3.63) is 0 Å². The minimum atomic E-state index is -0.761. The van der Waals surface area contributed by atoms with Crippen LogP contribution in [0, 0.1) is 11.8 Å². The average molecular weight is 892 g/mol. The molecule has 0 aliphatic rings. The Morgan fingerprint density at radius 3 is 0.778 bits per heavy atom. The molecule has 0 fully saturated rings. The van der Waals surface area contributed by atoms with Crippen molar-refractivity contribution in [2.24, 2.45) is 11.8 Å². The fourth-order valence-corrected chi connectivity index (χ4v) is 8.70. The molecule has 0 aliphatic heterocycles. The number of unbranched alkanes of at least 4 members (excludes halogenated alkanes) is 36. The molecule has 6 heteroatoms. The molecule has 0 spiro atoms. The van der Waals surface area contributed by atoms with E-state index < -0.39 is 6.10 Å². The molecule has 0 aromatic heterocycles. The van der Waals surface area contributed by atoms with Crippen LogP contribution in [0.4, 0.5) is 0 Å². The maximum absolute atomic E-state index is 12.8. The van der Waals surface area contributed by atoms with Gasteiger partial charge in [0, 0.05) is 19.3 Å². The summed E-state index contributed by atoms with van der Waals surface area (Å²) in [7, 11) is 0. The zero-order chi connectivity index (χ0) is 46.1. The molecule has 0 heterocycles. The van der Waals surface area contributed by atoms with Gasteiger partial charge in [0.1, 0.15) is 13.2 Å². The molecule has 0 unspecified atom stereocenters. The van der Waals surface area contributed by atoms with Gasteiger partial charge in [0.25, 0.3) is 0 Å². The van der Waals surface area contributed by atoms with E-state index in [1.807, 2.05) is 0 Å². The van der Waals surface area contributed by atoms with Crippen molar-refractivity contribution in [1.29, 1.82) is 0 Å². The molecular formula is C57H110O6. The Bertz CT molecular complexity index is 962. The van der Waals surface area contributed by atoms with Crippen LogP contribution in [0.25, 0.3) is 0 Å². The maximum Gasteiger partial charge on any atom is 0.306 e. The van der Waals surface area contributed by atoms with E-state index in [9.17, 15) is 14.4 Å². The molecule has 0 N–H and O–H groups in total. The first-order chi connectivity index (χ1) is 30.7. The van der Waals surface area contributed by atoms with Gasteiger partial charge in [0.2, 0.25) is 0 Å². The summed E-state index contributed by atoms with van der Waals surface area (Å²) < 4.78 is 16.8. The van der Waals surface area contributed by atoms with E-state index in [2.05, 4.69) is 34.6 Å². The first-order valence-electron chi connectivity index (χ1n) is 28.2. The summed E-state index contributed by atoms with van der Waals surface area (Å²) in [6.07, 6.45) is 52.5. The van der Waals surface area contributed by atoms with Crippen molar-refractivity contribution in [2.45, 2.75) is 323 Å². The SMILES string of the molecule is CCCCCCCCCC(=O)OC[C@@H](COC(=O)CCCCCCCCCCCCCCCCCCC(C)C)OC(=O)CCCCCCCCCCCCCCCCCCC(C)C. The molecule has 0 saturated carbocycles. The summed E-state index contributed by atoms with van der Waals surface area (Å²) in [6.45, 7) is 11.4. The van der Waals surface area contributed by atoms with E-state index in [0.717, 1.165) is 69.6 Å². The monoisotopic (exact) mass is 891 g/mol. The van der Waals surface area contributed by atoms with E-state index >= 15 is 0 Å². The van der Waals surface area contributed by atoms with Crippen molar-refractivity contribution >= 4 is 17.9 Å². The zero-order valence-electron chi connectivity index (χ0n) is 43.2. The lowest BCUT2D eigenvalue weighted by Gasteiger charge is -2.18. The molecule has 0 amide bonds. The van der Waals surface area contributed by atoms with Gasteiger partial charge in [0.15, 0.2) is 6.10 Å². The number of esters is 3. The van der Waals surface area contributed by atoms with Crippen LogP contribution in [0.1, 0.15) is 317 Å². The van der Waals surface area contributed by atoms with Gasteiger partial charge in [0.05, 0.1) is 0 Å². The quantitative estimate of drug-likeness (QED) is 0.0344. The van der Waals surface area contributed by atoms with Crippen molar-refractivity contribution in [3.8, 4) is 0 Å². The second-order valence-electron chi connectivity index (χ2n) is 20.5. The van der Waals surface area contributed by atoms with Gasteiger partial charge in [-0.15, -0.1) is 0 Å². The van der Waals surface area contributed by atoms with Crippen LogP contribution in [0.2, 0.25) is 0 Å². The van der Waals surface area contributed by atoms with E-state index in [1.54, 1.807) is 0 Å². The highest BCUT2D eigenvalue weighted by atomic mass is 16.6. The molecule has 0 saturated heterocycles. The molecule has 1 atom stereocenters. The highest BCUT2D eigenvalue weighted by Gasteiger charge is 2.19. The van der Waals surface area contributed by atoms with Crippen molar-refractivity contribution in [2.75, 3.05) is 13.2 Å². The molecule has 0 aromatic rings. The van der Waals surface area contributed by atoms with Crippen LogP contribution in [-0.4, -0.2) is 37.2 Å². The Kier molecular flexibility index (Phi) is 48.6. The molecular weight excluding hydrogens is 781 g/mol. The minimum Gasteiger partial charge on any atom is -0.462 e. The Morgan fingerprint density at radius 2 is 0.524 bits per heavy atom. The van der Waals surface area contributed by atoms with Gasteiger partial charge in [-0.3, -0.25) is 14.4 Å². The number of ether oxygens (including phenoxy) is 3. The van der Waals surface area contributed by atoms with Crippen molar-refractivity contribution < 1.29 is 28.6 Å². The normalized spacial score (nSPS) is 12.0. The lowest BCUT2D eigenvalue weighted by Crippen LogP contribution is -2.30. The molecule has 0 radical (unpaired) electrons. The Morgan fingerprint density at radius 1 is 0.302 bits per heavy atom. The van der Waals surface area contributed by atoms with Gasteiger partial charge in [-0.05, 0) is 31.1 Å². The van der Waals surface area contributed by atoms with Crippen LogP contribution in [0.5, 0.6) is 0 Å². The molecule has 63 heavy (non-hydrogen) atoms. The Hall–Kier alpha value is -1.59. The second-order valence-corrected chi connectivity index (χ2v) is 20.5. The van der Waals surface area contributed by atoms with Gasteiger partial charge in [-0.1, -0.05) is 279 Å². The summed E-state index contributed by atoms with van der Waals surface area (Å²) in [6, 6.07) is 0. The minimum absolute atomic E-state index is 0.0632. The lowest BCUT2D eigenvalue weighted by molar-refractivity contribution is -0.167. The first kappa shape index (κ1) is 61.4. The Balaban J connectivity index is 4.14. The summed E-state index contributed by atoms with van der Waals surface area (Å²) in [5.41, 5.74) is 0. The van der Waals surface area contributed by atoms with E-state index in [4.69, 9.17) is 14.2 Å². The van der Waals surface area contributed by atoms with Crippen molar-refractivity contribution in [3.63, 3.8) is 0 Å². The molecule has 374 valence electrons. The third-order valence-corrected chi connectivity index (χ3v) is 13.0. The topological polar surface area (TPSA) is 78.9 Å². The molecule has 6 nitrogen and oxygen atoms in total. The molecule has 0 aromatic carbocycles. The predicted octanol–water partition coefficient (Wildman–Crippen LogP) is 18.5. The second kappa shape index (κ2) is 49.8. The smallest absolute Gasteiger partial charge is 0.306 e. The molecule has 0 rings (SSSR count). The van der Waals surface area contributed by atoms with Crippen LogP contribution >= 0.6 is 0 Å². The number of carbonyl (C=O) groups is 3. The third kappa shape index (κ3) is 51.3. The number of carbonyl (C=O) groups excluding carboxylic acids is 3. The molecule has 0 aliphatic carbocycles. The van der Waals surface area contributed by atoms with E-state index in [1.165, 1.54) is 205 Å². The number of rotatable bonds is 51. The van der Waals surface area contributed by atoms with Gasteiger partial charge < -0.3 is 14.2 Å². The number of hydrogen-bond donors (Lipinski definition) is 0. The fourth-order valence-electron chi connectivity index (χ4n) is 8.70. The van der Waals surface area contributed by atoms with E-state index in [-0.39, 0.29) is 31.1 Å². The third-order valence-electron chi connectivity index (χ3n) is 13.0.